The summed E-state index contributed by atoms with van der Waals surface area (Å²) in [5, 5.41) is 0.0743. The van der Waals surface area contributed by atoms with Crippen LogP contribution in [-0.4, -0.2) is 7.11 Å². The molecule has 0 radical (unpaired) electrons. The Labute approximate surface area is 117 Å². The average molecular weight is 318 g/mol. The predicted octanol–water partition coefficient (Wildman–Crippen LogP) is 5.32. The lowest BCUT2D eigenvalue weighted by molar-refractivity contribution is 0.321. The minimum absolute atomic E-state index is 0.0743. The quantitative estimate of drug-likeness (QED) is 0.686. The molecule has 0 saturated heterocycles. The maximum atomic E-state index is 6.68. The smallest absolute Gasteiger partial charge is 0.120 e. The Hall–Kier alpha value is -0.210. The number of rotatable bonds is 3. The van der Waals surface area contributed by atoms with E-state index in [-0.39, 0.29) is 10.8 Å². The fraction of sp³-hybridized carbons (Fsp3) is 0.571. The minimum atomic E-state index is 0.0743. The van der Waals surface area contributed by atoms with Gasteiger partial charge < -0.3 is 4.74 Å². The van der Waals surface area contributed by atoms with Gasteiger partial charge in [-0.05, 0) is 36.0 Å². The predicted molar refractivity (Wildman–Crippen MR) is 75.9 cm³/mol. The summed E-state index contributed by atoms with van der Waals surface area (Å²) in [6, 6.07) is 6.04. The van der Waals surface area contributed by atoms with Crippen molar-refractivity contribution in [1.29, 1.82) is 0 Å². The van der Waals surface area contributed by atoms with Crippen molar-refractivity contribution in [3.63, 3.8) is 0 Å². The Morgan fingerprint density at radius 3 is 2.53 bits per heavy atom. The summed E-state index contributed by atoms with van der Waals surface area (Å²) in [5.41, 5.74) is 1.41. The first-order valence-electron chi connectivity index (χ1n) is 6.04. The Balaban J connectivity index is 2.27. The first kappa shape index (κ1) is 13.2. The van der Waals surface area contributed by atoms with Gasteiger partial charge >= 0.3 is 0 Å². The molecule has 1 aromatic rings. The van der Waals surface area contributed by atoms with E-state index in [9.17, 15) is 0 Å². The normalized spacial score (nSPS) is 20.2. The van der Waals surface area contributed by atoms with Crippen LogP contribution < -0.4 is 4.74 Å². The molecule has 1 fully saturated rings. The lowest BCUT2D eigenvalue weighted by atomic mass is 9.81. The van der Waals surface area contributed by atoms with Gasteiger partial charge in [0.15, 0.2) is 0 Å². The highest BCUT2D eigenvalue weighted by molar-refractivity contribution is 9.10. The minimum Gasteiger partial charge on any atom is -0.497 e. The van der Waals surface area contributed by atoms with Crippen LogP contribution in [0.4, 0.5) is 0 Å². The summed E-state index contributed by atoms with van der Waals surface area (Å²) in [6.45, 7) is 2.30. The summed E-state index contributed by atoms with van der Waals surface area (Å²) in [4.78, 5) is 0. The summed E-state index contributed by atoms with van der Waals surface area (Å²) in [6.07, 6.45) is 5.04. The highest BCUT2D eigenvalue weighted by Gasteiger charge is 2.37. The van der Waals surface area contributed by atoms with Gasteiger partial charge in [-0.1, -0.05) is 41.8 Å². The van der Waals surface area contributed by atoms with Gasteiger partial charge in [-0.3, -0.25) is 0 Å². The Morgan fingerprint density at radius 1 is 1.35 bits per heavy atom. The number of alkyl halides is 1. The number of methoxy groups -OCH3 is 1. The van der Waals surface area contributed by atoms with Gasteiger partial charge in [0.1, 0.15) is 5.75 Å². The standard InChI is InChI=1S/C14H18BrClO/c1-14(7-3-4-8-14)13(16)11-6-5-10(17-2)9-12(11)15/h5-6,9,13H,3-4,7-8H2,1-2H3. The second-order valence-corrected chi connectivity index (χ2v) is 6.40. The van der Waals surface area contributed by atoms with E-state index in [0.29, 0.717) is 0 Å². The average Bonchev–Trinajstić information content (AvgIpc) is 2.76. The number of hydrogen-bond donors (Lipinski definition) is 0. The van der Waals surface area contributed by atoms with Crippen LogP contribution in [0.25, 0.3) is 0 Å². The molecule has 0 amide bonds. The molecule has 3 heteroatoms. The first-order valence-corrected chi connectivity index (χ1v) is 7.27. The molecule has 94 valence electrons. The van der Waals surface area contributed by atoms with Gasteiger partial charge in [-0.15, -0.1) is 11.6 Å². The van der Waals surface area contributed by atoms with Crippen LogP contribution in [0.2, 0.25) is 0 Å². The van der Waals surface area contributed by atoms with E-state index >= 15 is 0 Å². The fourth-order valence-electron chi connectivity index (χ4n) is 2.65. The summed E-state index contributed by atoms with van der Waals surface area (Å²) in [5.74, 6) is 0.862. The summed E-state index contributed by atoms with van der Waals surface area (Å²) < 4.78 is 6.25. The molecule has 1 atom stereocenters. The summed E-state index contributed by atoms with van der Waals surface area (Å²) in [7, 11) is 1.68. The van der Waals surface area contributed by atoms with E-state index in [1.54, 1.807) is 7.11 Å². The van der Waals surface area contributed by atoms with E-state index in [2.05, 4.69) is 28.9 Å². The van der Waals surface area contributed by atoms with Crippen LogP contribution in [-0.2, 0) is 0 Å². The van der Waals surface area contributed by atoms with Gasteiger partial charge in [0.05, 0.1) is 12.5 Å². The van der Waals surface area contributed by atoms with E-state index in [1.165, 1.54) is 31.2 Å². The maximum Gasteiger partial charge on any atom is 0.120 e. The molecule has 2 rings (SSSR count). The topological polar surface area (TPSA) is 9.23 Å². The van der Waals surface area contributed by atoms with E-state index in [4.69, 9.17) is 16.3 Å². The number of benzene rings is 1. The van der Waals surface area contributed by atoms with Crippen molar-refractivity contribution in [3.8, 4) is 5.75 Å². The second-order valence-electron chi connectivity index (χ2n) is 5.11. The molecule has 1 aromatic carbocycles. The van der Waals surface area contributed by atoms with Crippen LogP contribution in [0, 0.1) is 5.41 Å². The molecule has 0 heterocycles. The molecule has 0 aliphatic heterocycles. The molecule has 0 spiro atoms. The van der Waals surface area contributed by atoms with Gasteiger partial charge in [0.25, 0.3) is 0 Å². The zero-order valence-corrected chi connectivity index (χ0v) is 12.6. The van der Waals surface area contributed by atoms with Crippen molar-refractivity contribution in [2.75, 3.05) is 7.11 Å². The molecular weight excluding hydrogens is 300 g/mol. The van der Waals surface area contributed by atoms with Gasteiger partial charge in [0.2, 0.25) is 0 Å². The molecule has 1 nitrogen and oxygen atoms in total. The lowest BCUT2D eigenvalue weighted by Gasteiger charge is -2.30. The molecule has 1 unspecified atom stereocenters. The first-order chi connectivity index (χ1) is 8.07. The molecule has 0 bridgehead atoms. The highest BCUT2D eigenvalue weighted by Crippen LogP contribution is 2.52. The van der Waals surface area contributed by atoms with E-state index in [1.807, 2.05) is 12.1 Å². The summed E-state index contributed by atoms with van der Waals surface area (Å²) >= 11 is 10.3. The van der Waals surface area contributed by atoms with Crippen molar-refractivity contribution in [1.82, 2.24) is 0 Å². The molecule has 1 aliphatic rings. The third-order valence-corrected chi connectivity index (χ3v) is 5.29. The number of ether oxygens (including phenoxy) is 1. The third-order valence-electron chi connectivity index (χ3n) is 3.84. The lowest BCUT2D eigenvalue weighted by Crippen LogP contribution is -2.18. The molecule has 1 aliphatic carbocycles. The fourth-order valence-corrected chi connectivity index (χ4v) is 3.78. The molecule has 0 aromatic heterocycles. The monoisotopic (exact) mass is 316 g/mol. The molecule has 1 saturated carbocycles. The van der Waals surface area contributed by atoms with Gasteiger partial charge in [0, 0.05) is 4.47 Å². The van der Waals surface area contributed by atoms with Crippen LogP contribution in [0.1, 0.15) is 43.5 Å². The van der Waals surface area contributed by atoms with E-state index in [0.717, 1.165) is 10.2 Å². The largest absolute Gasteiger partial charge is 0.497 e. The van der Waals surface area contributed by atoms with Crippen molar-refractivity contribution in [2.45, 2.75) is 38.0 Å². The maximum absolute atomic E-state index is 6.68. The van der Waals surface area contributed by atoms with Crippen LogP contribution in [0.15, 0.2) is 22.7 Å². The van der Waals surface area contributed by atoms with Crippen molar-refractivity contribution < 1.29 is 4.74 Å². The van der Waals surface area contributed by atoms with E-state index < -0.39 is 0 Å². The zero-order valence-electron chi connectivity index (χ0n) is 10.3. The molecular formula is C14H18BrClO. The van der Waals surface area contributed by atoms with Crippen molar-refractivity contribution in [2.24, 2.45) is 5.41 Å². The highest BCUT2D eigenvalue weighted by atomic mass is 79.9. The second kappa shape index (κ2) is 5.19. The van der Waals surface area contributed by atoms with Gasteiger partial charge in [-0.2, -0.15) is 0 Å². The van der Waals surface area contributed by atoms with Crippen LogP contribution >= 0.6 is 27.5 Å². The van der Waals surface area contributed by atoms with Crippen molar-refractivity contribution >= 4 is 27.5 Å². The third kappa shape index (κ3) is 2.63. The zero-order chi connectivity index (χ0) is 12.5. The Kier molecular flexibility index (Phi) is 4.04. The Bertz CT molecular complexity index is 399. The molecule has 17 heavy (non-hydrogen) atoms. The van der Waals surface area contributed by atoms with Crippen LogP contribution in [0.3, 0.4) is 0 Å². The Morgan fingerprint density at radius 2 is 2.00 bits per heavy atom. The SMILES string of the molecule is COc1ccc(C(Cl)C2(C)CCCC2)c(Br)c1. The molecule has 0 N–H and O–H groups in total. The number of hydrogen-bond acceptors (Lipinski definition) is 1. The number of halogens is 2. The van der Waals surface area contributed by atoms with Crippen molar-refractivity contribution in [3.05, 3.63) is 28.2 Å². The van der Waals surface area contributed by atoms with Gasteiger partial charge in [-0.25, -0.2) is 0 Å². The van der Waals surface area contributed by atoms with Crippen LogP contribution in [0.5, 0.6) is 5.75 Å².